The van der Waals surface area contributed by atoms with Gasteiger partial charge in [-0.3, -0.25) is 4.79 Å². The number of carbonyl (C=O) groups excluding carboxylic acids is 1. The van der Waals surface area contributed by atoms with Crippen LogP contribution in [-0.2, 0) is 21.5 Å². The fraction of sp³-hybridized carbons (Fsp3) is 0.500. The molecular weight excluding hydrogens is 351 g/mol. The molecule has 2 aliphatic rings. The van der Waals surface area contributed by atoms with Crippen molar-refractivity contribution in [3.05, 3.63) is 41.0 Å². The Hall–Kier alpha value is -0.500. The molecule has 2 fully saturated rings. The first kappa shape index (κ1) is 20.8. The summed E-state index contributed by atoms with van der Waals surface area (Å²) in [4.78, 5) is 13.0. The summed E-state index contributed by atoms with van der Waals surface area (Å²) >= 11 is 0. The van der Waals surface area contributed by atoms with E-state index in [1.807, 2.05) is 26.0 Å². The molecule has 1 aromatic carbocycles. The molecule has 0 aromatic heterocycles. The van der Waals surface area contributed by atoms with E-state index in [2.05, 4.69) is 0 Å². The Balaban J connectivity index is 0.00000225. The number of aliphatic hydroxyl groups excluding tert-OH is 1. The molecule has 3 rings (SSSR count). The molecule has 2 aliphatic carbocycles. The largest absolute Gasteiger partial charge is 1.00 e. The van der Waals surface area contributed by atoms with Gasteiger partial charge in [-0.2, -0.15) is 0 Å². The van der Waals surface area contributed by atoms with Gasteiger partial charge in [0.25, 0.3) is 0 Å². The van der Waals surface area contributed by atoms with Crippen LogP contribution < -0.4 is 29.6 Å². The molecule has 0 radical (unpaired) electrons. The molecule has 0 spiro atoms. The molecule has 2 bridgehead atoms. The number of carbonyl (C=O) groups is 1. The maximum atomic E-state index is 13.0. The molecule has 0 heterocycles. The number of rotatable bonds is 4. The van der Waals surface area contributed by atoms with Crippen LogP contribution in [0.4, 0.5) is 0 Å². The van der Waals surface area contributed by atoms with Crippen molar-refractivity contribution in [2.24, 2.45) is 16.7 Å². The molecular formula is C18H21NaO5S. The third-order valence-corrected chi connectivity index (χ3v) is 6.79. The van der Waals surface area contributed by atoms with Gasteiger partial charge >= 0.3 is 29.6 Å². The number of ketones is 1. The predicted octanol–water partition coefficient (Wildman–Crippen LogP) is -0.883. The Bertz CT molecular complexity index is 810. The van der Waals surface area contributed by atoms with Crippen molar-refractivity contribution in [2.45, 2.75) is 33.3 Å². The van der Waals surface area contributed by atoms with E-state index in [1.54, 1.807) is 18.2 Å². The summed E-state index contributed by atoms with van der Waals surface area (Å²) in [6.45, 7) is 3.74. The molecule has 5 nitrogen and oxygen atoms in total. The minimum Gasteiger partial charge on any atom is -0.748 e. The fourth-order valence-corrected chi connectivity index (χ4v) is 5.73. The minimum absolute atomic E-state index is 0. The van der Waals surface area contributed by atoms with Crippen molar-refractivity contribution in [1.82, 2.24) is 0 Å². The first-order valence-electron chi connectivity index (χ1n) is 8.00. The van der Waals surface area contributed by atoms with Crippen molar-refractivity contribution >= 4 is 22.0 Å². The van der Waals surface area contributed by atoms with Crippen LogP contribution in [0.25, 0.3) is 6.08 Å². The zero-order valence-electron chi connectivity index (χ0n) is 14.8. The summed E-state index contributed by atoms with van der Waals surface area (Å²) in [6.07, 6.45) is 2.97. The summed E-state index contributed by atoms with van der Waals surface area (Å²) in [5.41, 5.74) is 0.587. The maximum Gasteiger partial charge on any atom is 1.00 e. The first-order valence-corrected chi connectivity index (χ1v) is 9.58. The van der Waals surface area contributed by atoms with Crippen molar-refractivity contribution in [3.8, 4) is 0 Å². The van der Waals surface area contributed by atoms with E-state index in [-0.39, 0.29) is 47.9 Å². The van der Waals surface area contributed by atoms with Crippen molar-refractivity contribution in [2.75, 3.05) is 5.75 Å². The van der Waals surface area contributed by atoms with Crippen LogP contribution in [0.5, 0.6) is 0 Å². The number of hydrogen-bond donors (Lipinski definition) is 1. The fourth-order valence-electron chi connectivity index (χ4n) is 4.48. The second kappa shape index (κ2) is 6.91. The van der Waals surface area contributed by atoms with Crippen molar-refractivity contribution < 1.29 is 52.4 Å². The Kier molecular flexibility index (Phi) is 5.75. The average molecular weight is 372 g/mol. The van der Waals surface area contributed by atoms with Crippen molar-refractivity contribution in [1.29, 1.82) is 0 Å². The van der Waals surface area contributed by atoms with Crippen LogP contribution in [0.3, 0.4) is 0 Å². The van der Waals surface area contributed by atoms with Crippen LogP contribution in [0.15, 0.2) is 29.8 Å². The Morgan fingerprint density at radius 3 is 2.40 bits per heavy atom. The van der Waals surface area contributed by atoms with Gasteiger partial charge in [0, 0.05) is 5.57 Å². The Morgan fingerprint density at radius 2 is 1.88 bits per heavy atom. The zero-order chi connectivity index (χ0) is 17.8. The van der Waals surface area contributed by atoms with E-state index in [0.29, 0.717) is 12.0 Å². The number of benzene rings is 1. The molecule has 1 aromatic rings. The van der Waals surface area contributed by atoms with E-state index < -0.39 is 26.7 Å². The average Bonchev–Trinajstić information content (AvgIpc) is 2.81. The van der Waals surface area contributed by atoms with Gasteiger partial charge < -0.3 is 9.66 Å². The third kappa shape index (κ3) is 3.40. The standard InChI is InChI=1S/C18H22O5S.Na/c1-17(2)15-7-8-18(17,11-24(21,22)23)16(20)14(15)9-12-3-5-13(10-19)6-4-12;/h3-6,9,15,19H,7-8,10-11H2,1-2H3,(H,21,22,23);/q;+1/p-1/b14-9-;/t15-,18+;/m1./s1. The molecule has 2 saturated carbocycles. The molecule has 7 heteroatoms. The third-order valence-electron chi connectivity index (χ3n) is 5.94. The predicted molar refractivity (Wildman–Crippen MR) is 88.9 cm³/mol. The summed E-state index contributed by atoms with van der Waals surface area (Å²) in [5.74, 6) is -0.859. The first-order chi connectivity index (χ1) is 11.1. The van der Waals surface area contributed by atoms with Gasteiger partial charge in [-0.1, -0.05) is 38.1 Å². The Morgan fingerprint density at radius 1 is 1.28 bits per heavy atom. The van der Waals surface area contributed by atoms with Crippen LogP contribution in [0.1, 0.15) is 37.8 Å². The molecule has 1 N–H and O–H groups in total. The van der Waals surface area contributed by atoms with Crippen LogP contribution in [0, 0.1) is 16.7 Å². The minimum atomic E-state index is -4.49. The maximum absolute atomic E-state index is 13.0. The van der Waals surface area contributed by atoms with Gasteiger partial charge in [-0.25, -0.2) is 8.42 Å². The SMILES string of the molecule is CC1(C)[C@@H]2CC[C@]1(CS(=O)(=O)[O-])C(=O)/C2=C\c1ccc(CO)cc1.[Na+]. The number of allylic oxidation sites excluding steroid dienone is 1. The van der Waals surface area contributed by atoms with Gasteiger partial charge in [0.05, 0.1) is 27.9 Å². The molecule has 25 heavy (non-hydrogen) atoms. The second-order valence-electron chi connectivity index (χ2n) is 7.43. The molecule has 0 aliphatic heterocycles. The molecule has 130 valence electrons. The van der Waals surface area contributed by atoms with E-state index in [0.717, 1.165) is 17.5 Å². The van der Waals surface area contributed by atoms with Crippen molar-refractivity contribution in [3.63, 3.8) is 0 Å². The summed E-state index contributed by atoms with van der Waals surface area (Å²) in [5, 5.41) is 9.10. The van der Waals surface area contributed by atoms with Gasteiger partial charge in [0.1, 0.15) is 0 Å². The van der Waals surface area contributed by atoms with Gasteiger partial charge in [-0.15, -0.1) is 0 Å². The van der Waals surface area contributed by atoms with E-state index in [1.165, 1.54) is 0 Å². The molecule has 2 atom stereocenters. The van der Waals surface area contributed by atoms with E-state index in [9.17, 15) is 17.8 Å². The van der Waals surface area contributed by atoms with Gasteiger partial charge in [0.15, 0.2) is 5.78 Å². The molecule has 0 amide bonds. The summed E-state index contributed by atoms with van der Waals surface area (Å²) < 4.78 is 34.2. The van der Waals surface area contributed by atoms with Crippen LogP contribution in [0.2, 0.25) is 0 Å². The smallest absolute Gasteiger partial charge is 0.748 e. The van der Waals surface area contributed by atoms with Gasteiger partial charge in [0.2, 0.25) is 0 Å². The van der Waals surface area contributed by atoms with E-state index in [4.69, 9.17) is 5.11 Å². The zero-order valence-corrected chi connectivity index (χ0v) is 17.6. The number of fused-ring (bicyclic) bond motifs is 2. The van der Waals surface area contributed by atoms with Crippen LogP contribution >= 0.6 is 0 Å². The second-order valence-corrected chi connectivity index (χ2v) is 8.83. The number of aliphatic hydroxyl groups is 1. The number of Topliss-reactive ketones (excluding diaryl/α,β-unsaturated/α-hetero) is 1. The monoisotopic (exact) mass is 372 g/mol. The molecule has 0 saturated heterocycles. The molecule has 0 unspecified atom stereocenters. The van der Waals surface area contributed by atoms with E-state index >= 15 is 0 Å². The quantitative estimate of drug-likeness (QED) is 0.421. The van der Waals surface area contributed by atoms with Crippen LogP contribution in [-0.4, -0.2) is 29.6 Å². The normalized spacial score (nSPS) is 29.0. The topological polar surface area (TPSA) is 94.5 Å². The van der Waals surface area contributed by atoms with Gasteiger partial charge in [-0.05, 0) is 41.4 Å². The summed E-state index contributed by atoms with van der Waals surface area (Å²) in [7, 11) is -4.49. The Labute approximate surface area is 170 Å². The summed E-state index contributed by atoms with van der Waals surface area (Å²) in [6, 6.07) is 7.21. The number of hydrogen-bond acceptors (Lipinski definition) is 5.